The molecule has 0 radical (unpaired) electrons. The van der Waals surface area contributed by atoms with Crippen LogP contribution in [-0.2, 0) is 0 Å². The molecule has 0 aliphatic carbocycles. The van der Waals surface area contributed by atoms with Gasteiger partial charge >= 0.3 is 0 Å². The molecule has 1 atom stereocenters. The Labute approximate surface area is 149 Å². The lowest BCUT2D eigenvalue weighted by atomic mass is 10.0. The Kier molecular flexibility index (Phi) is 5.31. The van der Waals surface area contributed by atoms with E-state index in [1.165, 1.54) is 12.8 Å². The van der Waals surface area contributed by atoms with Crippen molar-refractivity contribution >= 4 is 11.9 Å². The Hall–Kier alpha value is -2.43. The van der Waals surface area contributed by atoms with Crippen LogP contribution in [0.4, 0.5) is 5.82 Å². The summed E-state index contributed by atoms with van der Waals surface area (Å²) in [5.74, 6) is 2.03. The second-order valence-electron chi connectivity index (χ2n) is 6.77. The molecule has 2 aromatic rings. The zero-order chi connectivity index (χ0) is 17.8. The van der Waals surface area contributed by atoms with E-state index in [2.05, 4.69) is 41.2 Å². The molecule has 5 nitrogen and oxygen atoms in total. The fourth-order valence-electron chi connectivity index (χ4n) is 3.46. The molecule has 2 heterocycles. The normalized spacial score (nSPS) is 17.7. The first-order valence-electron chi connectivity index (χ1n) is 8.99. The van der Waals surface area contributed by atoms with Gasteiger partial charge in [0.2, 0.25) is 0 Å². The van der Waals surface area contributed by atoms with Crippen molar-refractivity contribution in [1.29, 1.82) is 0 Å². The van der Waals surface area contributed by atoms with E-state index in [-0.39, 0.29) is 5.75 Å². The molecule has 0 spiro atoms. The third kappa shape index (κ3) is 3.65. The molecule has 1 N–H and O–H groups in total. The van der Waals surface area contributed by atoms with E-state index in [4.69, 9.17) is 4.74 Å². The molecule has 5 heteroatoms. The Balaban J connectivity index is 1.77. The highest BCUT2D eigenvalue weighted by molar-refractivity contribution is 5.62. The van der Waals surface area contributed by atoms with Crippen LogP contribution >= 0.6 is 0 Å². The number of aromatic nitrogens is 2. The number of hydrogen-bond acceptors (Lipinski definition) is 4. The number of ether oxygens (including phenoxy) is 1. The number of aromatic hydroxyl groups is 1. The van der Waals surface area contributed by atoms with Gasteiger partial charge in [0.25, 0.3) is 0 Å². The van der Waals surface area contributed by atoms with Crippen molar-refractivity contribution in [3.63, 3.8) is 0 Å². The zero-order valence-corrected chi connectivity index (χ0v) is 15.1. The van der Waals surface area contributed by atoms with Gasteiger partial charge in [-0.05, 0) is 45.2 Å². The fourth-order valence-corrected chi connectivity index (χ4v) is 3.46. The number of phenols is 1. The van der Waals surface area contributed by atoms with E-state index in [0.717, 1.165) is 18.8 Å². The van der Waals surface area contributed by atoms with Gasteiger partial charge in [-0.15, -0.1) is 0 Å². The van der Waals surface area contributed by atoms with Gasteiger partial charge in [0, 0.05) is 18.7 Å². The maximum absolute atomic E-state index is 9.95. The van der Waals surface area contributed by atoms with Crippen molar-refractivity contribution in [2.45, 2.75) is 45.2 Å². The lowest BCUT2D eigenvalue weighted by Gasteiger charge is -2.37. The summed E-state index contributed by atoms with van der Waals surface area (Å²) in [6.07, 6.45) is 6.98. The average molecular weight is 341 g/mol. The van der Waals surface area contributed by atoms with E-state index < -0.39 is 0 Å². The standard InChI is InChI=1S/C20H27N3O2/c1-4-17-18(24)9-7-10-19(17)25-14-16-8-5-6-13-22(16)20-11-12-21-23(20)15(2)3/h4,7,9-12,15-16,24H,1,5-6,8,13-14H2,2-3H3. The maximum atomic E-state index is 9.95. The summed E-state index contributed by atoms with van der Waals surface area (Å²) >= 11 is 0. The van der Waals surface area contributed by atoms with E-state index in [9.17, 15) is 5.11 Å². The lowest BCUT2D eigenvalue weighted by Crippen LogP contribution is -2.44. The van der Waals surface area contributed by atoms with Gasteiger partial charge in [-0.2, -0.15) is 5.10 Å². The Bertz CT molecular complexity index is 723. The van der Waals surface area contributed by atoms with Crippen molar-refractivity contribution in [3.05, 3.63) is 42.6 Å². The highest BCUT2D eigenvalue weighted by atomic mass is 16.5. The highest BCUT2D eigenvalue weighted by Gasteiger charge is 2.26. The minimum absolute atomic E-state index is 0.200. The number of hydrogen-bond donors (Lipinski definition) is 1. The van der Waals surface area contributed by atoms with Crippen molar-refractivity contribution in [3.8, 4) is 11.5 Å². The minimum atomic E-state index is 0.200. The number of phenolic OH excluding ortho intramolecular Hbond substituents is 1. The molecule has 1 saturated heterocycles. The number of nitrogens with zero attached hydrogens (tertiary/aromatic N) is 3. The van der Waals surface area contributed by atoms with Gasteiger partial charge in [-0.3, -0.25) is 0 Å². The molecular weight excluding hydrogens is 314 g/mol. The largest absolute Gasteiger partial charge is 0.507 e. The van der Waals surface area contributed by atoms with Crippen molar-refractivity contribution in [1.82, 2.24) is 9.78 Å². The molecule has 0 amide bonds. The predicted octanol–water partition coefficient (Wildman–Crippen LogP) is 4.25. The summed E-state index contributed by atoms with van der Waals surface area (Å²) in [7, 11) is 0. The average Bonchev–Trinajstić information content (AvgIpc) is 3.10. The molecule has 1 fully saturated rings. The van der Waals surface area contributed by atoms with E-state index in [1.54, 1.807) is 18.2 Å². The molecule has 1 aromatic carbocycles. The second-order valence-corrected chi connectivity index (χ2v) is 6.77. The van der Waals surface area contributed by atoms with Crippen LogP contribution in [0.2, 0.25) is 0 Å². The summed E-state index contributed by atoms with van der Waals surface area (Å²) in [6.45, 7) is 9.66. The molecule has 134 valence electrons. The molecule has 0 saturated carbocycles. The van der Waals surface area contributed by atoms with Crippen LogP contribution in [0.25, 0.3) is 6.08 Å². The van der Waals surface area contributed by atoms with Crippen molar-refractivity contribution in [2.24, 2.45) is 0 Å². The van der Waals surface area contributed by atoms with Crippen LogP contribution in [-0.4, -0.2) is 34.1 Å². The van der Waals surface area contributed by atoms with Crippen LogP contribution in [0.15, 0.2) is 37.0 Å². The first-order chi connectivity index (χ1) is 12.1. The highest BCUT2D eigenvalue weighted by Crippen LogP contribution is 2.31. The summed E-state index contributed by atoms with van der Waals surface area (Å²) < 4.78 is 8.15. The van der Waals surface area contributed by atoms with Crippen molar-refractivity contribution in [2.75, 3.05) is 18.1 Å². The Morgan fingerprint density at radius 2 is 2.20 bits per heavy atom. The van der Waals surface area contributed by atoms with E-state index in [1.807, 2.05) is 12.3 Å². The summed E-state index contributed by atoms with van der Waals surface area (Å²) in [4.78, 5) is 2.41. The maximum Gasteiger partial charge on any atom is 0.130 e. The van der Waals surface area contributed by atoms with Crippen LogP contribution in [0.5, 0.6) is 11.5 Å². The molecule has 1 aromatic heterocycles. The third-order valence-electron chi connectivity index (χ3n) is 4.74. The van der Waals surface area contributed by atoms with Crippen LogP contribution in [0.1, 0.15) is 44.7 Å². The summed E-state index contributed by atoms with van der Waals surface area (Å²) in [6, 6.07) is 8.03. The summed E-state index contributed by atoms with van der Waals surface area (Å²) in [5, 5.41) is 14.4. The van der Waals surface area contributed by atoms with Gasteiger partial charge in [-0.1, -0.05) is 18.7 Å². The molecule has 25 heavy (non-hydrogen) atoms. The Morgan fingerprint density at radius 3 is 2.96 bits per heavy atom. The molecular formula is C20H27N3O2. The minimum Gasteiger partial charge on any atom is -0.507 e. The second kappa shape index (κ2) is 7.64. The fraction of sp³-hybridized carbons (Fsp3) is 0.450. The van der Waals surface area contributed by atoms with Crippen molar-refractivity contribution < 1.29 is 9.84 Å². The molecule has 1 aliphatic rings. The van der Waals surface area contributed by atoms with E-state index >= 15 is 0 Å². The number of benzene rings is 1. The number of piperidine rings is 1. The quantitative estimate of drug-likeness (QED) is 0.853. The van der Waals surface area contributed by atoms with Gasteiger partial charge < -0.3 is 14.7 Å². The van der Waals surface area contributed by atoms with Gasteiger partial charge in [-0.25, -0.2) is 4.68 Å². The first-order valence-corrected chi connectivity index (χ1v) is 8.99. The lowest BCUT2D eigenvalue weighted by molar-refractivity contribution is 0.256. The predicted molar refractivity (Wildman–Crippen MR) is 101 cm³/mol. The Morgan fingerprint density at radius 1 is 1.36 bits per heavy atom. The van der Waals surface area contributed by atoms with Crippen LogP contribution in [0, 0.1) is 0 Å². The first kappa shape index (κ1) is 17.4. The molecule has 1 unspecified atom stereocenters. The van der Waals surface area contributed by atoms with Gasteiger partial charge in [0.1, 0.15) is 23.9 Å². The zero-order valence-electron chi connectivity index (χ0n) is 15.1. The SMILES string of the molecule is C=Cc1c(O)cccc1OCC1CCCCN1c1ccnn1C(C)C. The van der Waals surface area contributed by atoms with Crippen LogP contribution in [0.3, 0.4) is 0 Å². The molecule has 1 aliphatic heterocycles. The van der Waals surface area contributed by atoms with E-state index in [0.29, 0.717) is 30.0 Å². The molecule has 3 rings (SSSR count). The third-order valence-corrected chi connectivity index (χ3v) is 4.74. The number of rotatable bonds is 6. The van der Waals surface area contributed by atoms with Crippen LogP contribution < -0.4 is 9.64 Å². The molecule has 0 bridgehead atoms. The topological polar surface area (TPSA) is 50.5 Å². The van der Waals surface area contributed by atoms with Gasteiger partial charge in [0.15, 0.2) is 0 Å². The monoisotopic (exact) mass is 341 g/mol. The van der Waals surface area contributed by atoms with Gasteiger partial charge in [0.05, 0.1) is 17.8 Å². The number of anilines is 1. The summed E-state index contributed by atoms with van der Waals surface area (Å²) in [5.41, 5.74) is 0.650. The smallest absolute Gasteiger partial charge is 0.130 e.